The predicted octanol–water partition coefficient (Wildman–Crippen LogP) is 14.8. The maximum atomic E-state index is 2.41. The summed E-state index contributed by atoms with van der Waals surface area (Å²) in [5.74, 6) is 0. The molecule has 0 bridgehead atoms. The first-order chi connectivity index (χ1) is 25.5. The zero-order valence-corrected chi connectivity index (χ0v) is 29.9. The fourth-order valence-corrected chi connectivity index (χ4v) is 10.2. The molecular weight excluding hydrogens is 645 g/mol. The van der Waals surface area contributed by atoms with Crippen LogP contribution in [0.25, 0.3) is 97.0 Å². The molecular formula is C51H34S. The normalized spacial score (nSPS) is 13.3. The summed E-state index contributed by atoms with van der Waals surface area (Å²) in [5.41, 5.74) is 13.1. The molecule has 0 amide bonds. The van der Waals surface area contributed by atoms with E-state index in [1.54, 1.807) is 0 Å². The molecule has 1 heteroatoms. The van der Waals surface area contributed by atoms with E-state index in [2.05, 4.69) is 184 Å². The Morgan fingerprint density at radius 1 is 0.346 bits per heavy atom. The van der Waals surface area contributed by atoms with Gasteiger partial charge in [0.15, 0.2) is 0 Å². The highest BCUT2D eigenvalue weighted by Gasteiger charge is 2.37. The molecule has 1 aliphatic carbocycles. The van der Waals surface area contributed by atoms with Crippen molar-refractivity contribution in [3.8, 4) is 44.5 Å². The highest BCUT2D eigenvalue weighted by molar-refractivity contribution is 7.25. The van der Waals surface area contributed by atoms with Crippen LogP contribution in [0.4, 0.5) is 0 Å². The van der Waals surface area contributed by atoms with Gasteiger partial charge in [0.25, 0.3) is 0 Å². The molecule has 10 aromatic rings. The number of hydrogen-bond donors (Lipinski definition) is 0. The van der Waals surface area contributed by atoms with Gasteiger partial charge in [-0.1, -0.05) is 153 Å². The van der Waals surface area contributed by atoms with Crippen molar-refractivity contribution in [1.29, 1.82) is 0 Å². The molecule has 0 saturated carbocycles. The van der Waals surface area contributed by atoms with Crippen molar-refractivity contribution in [2.24, 2.45) is 0 Å². The molecule has 244 valence electrons. The largest absolute Gasteiger partial charge is 0.135 e. The summed E-state index contributed by atoms with van der Waals surface area (Å²) >= 11 is 1.88. The maximum absolute atomic E-state index is 2.41. The minimum Gasteiger partial charge on any atom is -0.135 e. The fraction of sp³-hybridized carbons (Fsp3) is 0.0588. The third-order valence-electron chi connectivity index (χ3n) is 11.6. The van der Waals surface area contributed by atoms with Crippen molar-refractivity contribution in [3.63, 3.8) is 0 Å². The number of thiophene rings is 1. The van der Waals surface area contributed by atoms with Crippen molar-refractivity contribution in [2.75, 3.05) is 0 Å². The zero-order valence-electron chi connectivity index (χ0n) is 29.1. The molecule has 0 saturated heterocycles. The summed E-state index contributed by atoms with van der Waals surface area (Å²) in [6, 6.07) is 63.6. The Kier molecular flexibility index (Phi) is 6.27. The number of benzene rings is 9. The van der Waals surface area contributed by atoms with Crippen molar-refractivity contribution in [3.05, 3.63) is 181 Å². The molecule has 9 aromatic carbocycles. The van der Waals surface area contributed by atoms with E-state index in [1.165, 1.54) is 108 Å². The van der Waals surface area contributed by atoms with E-state index in [0.717, 1.165) is 0 Å². The van der Waals surface area contributed by atoms with Crippen LogP contribution in [0.3, 0.4) is 0 Å². The van der Waals surface area contributed by atoms with Crippen LogP contribution in [0.15, 0.2) is 170 Å². The topological polar surface area (TPSA) is 0 Å². The number of fused-ring (bicyclic) bond motifs is 9. The Morgan fingerprint density at radius 2 is 0.885 bits per heavy atom. The Hall–Kier alpha value is -6.02. The average molecular weight is 679 g/mol. The van der Waals surface area contributed by atoms with Crippen LogP contribution < -0.4 is 0 Å². The van der Waals surface area contributed by atoms with Gasteiger partial charge in [-0.05, 0) is 118 Å². The van der Waals surface area contributed by atoms with Crippen molar-refractivity contribution < 1.29 is 0 Å². The van der Waals surface area contributed by atoms with E-state index in [4.69, 9.17) is 0 Å². The van der Waals surface area contributed by atoms with E-state index in [0.29, 0.717) is 0 Å². The van der Waals surface area contributed by atoms with Crippen LogP contribution in [0.1, 0.15) is 25.0 Å². The van der Waals surface area contributed by atoms with Crippen LogP contribution in [-0.4, -0.2) is 0 Å². The lowest BCUT2D eigenvalue weighted by Gasteiger charge is -2.22. The molecule has 0 unspecified atom stereocenters. The summed E-state index contributed by atoms with van der Waals surface area (Å²) in [6.07, 6.45) is 0. The molecule has 52 heavy (non-hydrogen) atoms. The fourth-order valence-electron chi connectivity index (χ4n) is 9.16. The van der Waals surface area contributed by atoms with Crippen molar-refractivity contribution in [1.82, 2.24) is 0 Å². The standard InChI is InChI=1S/C51H34S/c1-51(2)44-20-11-19-36(50(44)43-28-33-12-3-4-13-34(33)30-45(43)51)31-22-24-32(25-23-31)48-38-15-5-7-17-40(38)49(41-18-8-6-16-39(41)48)35-26-27-47-42(29-35)37-14-9-10-21-46(37)52-47/h3-30H,1-2H3. The van der Waals surface area contributed by atoms with Crippen LogP contribution in [0.5, 0.6) is 0 Å². The van der Waals surface area contributed by atoms with Gasteiger partial charge in [-0.3, -0.25) is 0 Å². The second kappa shape index (κ2) is 11.0. The lowest BCUT2D eigenvalue weighted by Crippen LogP contribution is -2.14. The van der Waals surface area contributed by atoms with Crippen LogP contribution in [-0.2, 0) is 5.41 Å². The minimum absolute atomic E-state index is 0.0642. The second-order valence-corrected chi connectivity index (χ2v) is 15.9. The molecule has 0 atom stereocenters. The van der Waals surface area contributed by atoms with E-state index < -0.39 is 0 Å². The van der Waals surface area contributed by atoms with Gasteiger partial charge in [-0.15, -0.1) is 11.3 Å². The third-order valence-corrected chi connectivity index (χ3v) is 12.8. The Bertz CT molecular complexity index is 3030. The molecule has 11 rings (SSSR count). The molecule has 0 N–H and O–H groups in total. The highest BCUT2D eigenvalue weighted by atomic mass is 32.1. The molecule has 1 aromatic heterocycles. The zero-order chi connectivity index (χ0) is 34.6. The third kappa shape index (κ3) is 4.21. The van der Waals surface area contributed by atoms with E-state index in [1.807, 2.05) is 11.3 Å². The summed E-state index contributed by atoms with van der Waals surface area (Å²) in [6.45, 7) is 4.75. The summed E-state index contributed by atoms with van der Waals surface area (Å²) in [5, 5.41) is 10.4. The molecule has 0 aliphatic heterocycles. The van der Waals surface area contributed by atoms with E-state index in [9.17, 15) is 0 Å². The minimum atomic E-state index is -0.0642. The van der Waals surface area contributed by atoms with Gasteiger partial charge in [0, 0.05) is 25.6 Å². The Morgan fingerprint density at radius 3 is 1.58 bits per heavy atom. The lowest BCUT2D eigenvalue weighted by atomic mass is 9.81. The Balaban J connectivity index is 1.09. The first-order valence-electron chi connectivity index (χ1n) is 18.2. The van der Waals surface area contributed by atoms with Gasteiger partial charge < -0.3 is 0 Å². The predicted molar refractivity (Wildman–Crippen MR) is 226 cm³/mol. The highest BCUT2D eigenvalue weighted by Crippen LogP contribution is 2.53. The van der Waals surface area contributed by atoms with Gasteiger partial charge in [-0.2, -0.15) is 0 Å². The average Bonchev–Trinajstić information content (AvgIpc) is 3.67. The SMILES string of the molecule is CC1(C)c2cc3ccccc3cc2-c2c(-c3ccc(-c4c5ccccc5c(-c5ccc6sc7ccccc7c6c5)c5ccccc45)cc3)cccc21. The van der Waals surface area contributed by atoms with E-state index in [-0.39, 0.29) is 5.41 Å². The number of hydrogen-bond acceptors (Lipinski definition) is 1. The lowest BCUT2D eigenvalue weighted by molar-refractivity contribution is 0.661. The Labute approximate surface area is 307 Å². The molecule has 0 radical (unpaired) electrons. The van der Waals surface area contributed by atoms with Gasteiger partial charge in [0.2, 0.25) is 0 Å². The van der Waals surface area contributed by atoms with Gasteiger partial charge in [-0.25, -0.2) is 0 Å². The molecule has 0 nitrogen and oxygen atoms in total. The van der Waals surface area contributed by atoms with Crippen LogP contribution in [0.2, 0.25) is 0 Å². The van der Waals surface area contributed by atoms with Gasteiger partial charge in [0.1, 0.15) is 0 Å². The van der Waals surface area contributed by atoms with Crippen LogP contribution in [0, 0.1) is 0 Å². The molecule has 0 fully saturated rings. The first-order valence-corrected chi connectivity index (χ1v) is 19.0. The van der Waals surface area contributed by atoms with Crippen LogP contribution >= 0.6 is 11.3 Å². The molecule has 1 aliphatic rings. The smallest absolute Gasteiger partial charge is 0.0355 e. The first kappa shape index (κ1) is 29.7. The van der Waals surface area contributed by atoms with E-state index >= 15 is 0 Å². The van der Waals surface area contributed by atoms with Crippen molar-refractivity contribution >= 4 is 63.8 Å². The monoisotopic (exact) mass is 678 g/mol. The second-order valence-electron chi connectivity index (χ2n) is 14.8. The molecule has 0 spiro atoms. The van der Waals surface area contributed by atoms with Gasteiger partial charge >= 0.3 is 0 Å². The quantitative estimate of drug-likeness (QED) is 0.163. The summed E-state index contributed by atoms with van der Waals surface area (Å²) < 4.78 is 2.67. The van der Waals surface area contributed by atoms with Crippen molar-refractivity contribution in [2.45, 2.75) is 19.3 Å². The summed E-state index contributed by atoms with van der Waals surface area (Å²) in [7, 11) is 0. The van der Waals surface area contributed by atoms with Gasteiger partial charge in [0.05, 0.1) is 0 Å². The number of rotatable bonds is 3. The maximum Gasteiger partial charge on any atom is 0.0355 e. The molecule has 1 heterocycles. The summed E-state index contributed by atoms with van der Waals surface area (Å²) in [4.78, 5) is 0.